The Hall–Kier alpha value is -2.66. The minimum absolute atomic E-state index is 0.224. The molecule has 104 valence electrons. The van der Waals surface area contributed by atoms with Gasteiger partial charge < -0.3 is 0 Å². The van der Waals surface area contributed by atoms with E-state index in [1.165, 1.54) is 17.4 Å². The molecule has 0 saturated carbocycles. The van der Waals surface area contributed by atoms with Gasteiger partial charge in [-0.05, 0) is 23.8 Å². The van der Waals surface area contributed by atoms with Gasteiger partial charge in [0.2, 0.25) is 5.13 Å². The van der Waals surface area contributed by atoms with E-state index in [1.807, 2.05) is 54.6 Å². The Bertz CT molecular complexity index is 747. The third-order valence-corrected chi connectivity index (χ3v) is 3.77. The molecular weight excluding hydrogens is 282 g/mol. The molecule has 21 heavy (non-hydrogen) atoms. The number of thiazole rings is 1. The summed E-state index contributed by atoms with van der Waals surface area (Å²) in [4.78, 5) is 16.1. The number of hydrazine groups is 1. The van der Waals surface area contributed by atoms with E-state index >= 15 is 0 Å². The highest BCUT2D eigenvalue weighted by Gasteiger charge is 2.02. The molecule has 0 bridgehead atoms. The van der Waals surface area contributed by atoms with Crippen LogP contribution in [-0.4, -0.2) is 10.9 Å². The molecule has 0 aliphatic carbocycles. The van der Waals surface area contributed by atoms with Crippen LogP contribution in [-0.2, 0) is 4.79 Å². The largest absolute Gasteiger partial charge is 0.273 e. The average Bonchev–Trinajstić information content (AvgIpc) is 2.95. The SMILES string of the molecule is O=C(C=Cc1ccccc1)NNc1nc2ccccc2s1. The number of hydrogen-bond donors (Lipinski definition) is 2. The van der Waals surface area contributed by atoms with Crippen LogP contribution >= 0.6 is 11.3 Å². The van der Waals surface area contributed by atoms with Crippen molar-refractivity contribution in [2.45, 2.75) is 0 Å². The molecule has 1 amide bonds. The molecule has 1 heterocycles. The number of carbonyl (C=O) groups excluding carboxylic acids is 1. The number of amides is 1. The van der Waals surface area contributed by atoms with Crippen LogP contribution in [0.4, 0.5) is 5.13 Å². The Balaban J connectivity index is 1.59. The average molecular weight is 295 g/mol. The van der Waals surface area contributed by atoms with Crippen molar-refractivity contribution in [3.05, 3.63) is 66.2 Å². The number of para-hydroxylation sites is 1. The maximum absolute atomic E-state index is 11.7. The summed E-state index contributed by atoms with van der Waals surface area (Å²) in [5, 5.41) is 0.665. The molecule has 0 aliphatic rings. The zero-order valence-corrected chi connectivity index (χ0v) is 11.9. The number of anilines is 1. The fourth-order valence-corrected chi connectivity index (χ4v) is 2.64. The molecule has 3 aromatic rings. The van der Waals surface area contributed by atoms with Gasteiger partial charge in [-0.3, -0.25) is 15.6 Å². The predicted molar refractivity (Wildman–Crippen MR) is 86.9 cm³/mol. The maximum Gasteiger partial charge on any atom is 0.262 e. The highest BCUT2D eigenvalue weighted by atomic mass is 32.1. The van der Waals surface area contributed by atoms with E-state index in [4.69, 9.17) is 0 Å². The fraction of sp³-hybridized carbons (Fsp3) is 0. The van der Waals surface area contributed by atoms with Crippen LogP contribution in [0.3, 0.4) is 0 Å². The van der Waals surface area contributed by atoms with Crippen molar-refractivity contribution >= 4 is 38.7 Å². The van der Waals surface area contributed by atoms with Gasteiger partial charge in [-0.2, -0.15) is 0 Å². The van der Waals surface area contributed by atoms with Crippen LogP contribution in [0.25, 0.3) is 16.3 Å². The number of aromatic nitrogens is 1. The Kier molecular flexibility index (Phi) is 3.93. The second kappa shape index (κ2) is 6.19. The van der Waals surface area contributed by atoms with E-state index in [2.05, 4.69) is 15.8 Å². The lowest BCUT2D eigenvalue weighted by Gasteiger charge is -2.01. The van der Waals surface area contributed by atoms with Crippen molar-refractivity contribution < 1.29 is 4.79 Å². The topological polar surface area (TPSA) is 54.0 Å². The lowest BCUT2D eigenvalue weighted by atomic mass is 10.2. The number of carbonyl (C=O) groups is 1. The van der Waals surface area contributed by atoms with Gasteiger partial charge in [0.05, 0.1) is 10.2 Å². The van der Waals surface area contributed by atoms with Crippen molar-refractivity contribution in [2.75, 3.05) is 5.43 Å². The smallest absolute Gasteiger partial charge is 0.262 e. The summed E-state index contributed by atoms with van der Waals surface area (Å²) < 4.78 is 1.08. The second-order valence-electron chi connectivity index (χ2n) is 4.35. The van der Waals surface area contributed by atoms with Crippen molar-refractivity contribution in [3.63, 3.8) is 0 Å². The Morgan fingerprint density at radius 3 is 2.62 bits per heavy atom. The zero-order chi connectivity index (χ0) is 14.5. The van der Waals surface area contributed by atoms with Gasteiger partial charge in [-0.15, -0.1) is 0 Å². The highest BCUT2D eigenvalue weighted by Crippen LogP contribution is 2.24. The number of nitrogens with one attached hydrogen (secondary N) is 2. The Morgan fingerprint density at radius 1 is 1.05 bits per heavy atom. The van der Waals surface area contributed by atoms with Crippen molar-refractivity contribution in [1.29, 1.82) is 0 Å². The Labute approximate surface area is 126 Å². The first kappa shape index (κ1) is 13.3. The number of benzene rings is 2. The van der Waals surface area contributed by atoms with Gasteiger partial charge in [-0.25, -0.2) is 4.98 Å². The summed E-state index contributed by atoms with van der Waals surface area (Å²) in [5.41, 5.74) is 7.32. The van der Waals surface area contributed by atoms with Crippen LogP contribution < -0.4 is 10.9 Å². The van der Waals surface area contributed by atoms with Crippen LogP contribution in [0.15, 0.2) is 60.7 Å². The molecule has 2 aromatic carbocycles. The quantitative estimate of drug-likeness (QED) is 0.572. The van der Waals surface area contributed by atoms with Crippen molar-refractivity contribution in [1.82, 2.24) is 10.4 Å². The number of hydrogen-bond acceptors (Lipinski definition) is 4. The first-order valence-electron chi connectivity index (χ1n) is 6.46. The third kappa shape index (κ3) is 3.46. The van der Waals surface area contributed by atoms with E-state index < -0.39 is 0 Å². The molecule has 2 N–H and O–H groups in total. The maximum atomic E-state index is 11.7. The third-order valence-electron chi connectivity index (χ3n) is 2.81. The number of rotatable bonds is 4. The summed E-state index contributed by atoms with van der Waals surface area (Å²) in [6.07, 6.45) is 3.24. The summed E-state index contributed by atoms with van der Waals surface area (Å²) in [6.45, 7) is 0. The zero-order valence-electron chi connectivity index (χ0n) is 11.1. The van der Waals surface area contributed by atoms with Crippen molar-refractivity contribution in [3.8, 4) is 0 Å². The van der Waals surface area contributed by atoms with E-state index in [9.17, 15) is 4.79 Å². The van der Waals surface area contributed by atoms with Gasteiger partial charge in [0.15, 0.2) is 0 Å². The van der Waals surface area contributed by atoms with E-state index in [1.54, 1.807) is 6.08 Å². The predicted octanol–water partition coefficient (Wildman–Crippen LogP) is 3.45. The summed E-state index contributed by atoms with van der Waals surface area (Å²) >= 11 is 1.49. The molecule has 1 aromatic heterocycles. The molecule has 0 radical (unpaired) electrons. The van der Waals surface area contributed by atoms with E-state index in [0.29, 0.717) is 5.13 Å². The number of fused-ring (bicyclic) bond motifs is 1. The van der Waals surface area contributed by atoms with Crippen molar-refractivity contribution in [2.24, 2.45) is 0 Å². The van der Waals surface area contributed by atoms with Crippen LogP contribution in [0.1, 0.15) is 5.56 Å². The standard InChI is InChI=1S/C16H13N3OS/c20-15(11-10-12-6-2-1-3-7-12)18-19-16-17-13-8-4-5-9-14(13)21-16/h1-11H,(H,17,19)(H,18,20). The van der Waals surface area contributed by atoms with Gasteiger partial charge in [0.1, 0.15) is 0 Å². The molecule has 3 rings (SSSR count). The number of nitrogens with zero attached hydrogens (tertiary/aromatic N) is 1. The molecule has 4 nitrogen and oxygen atoms in total. The molecule has 0 fully saturated rings. The minimum atomic E-state index is -0.224. The molecular formula is C16H13N3OS. The van der Waals surface area contributed by atoms with E-state index in [0.717, 1.165) is 15.8 Å². The molecule has 0 atom stereocenters. The second-order valence-corrected chi connectivity index (χ2v) is 5.38. The molecule has 5 heteroatoms. The molecule has 0 saturated heterocycles. The monoisotopic (exact) mass is 295 g/mol. The normalized spacial score (nSPS) is 10.9. The molecule has 0 unspecified atom stereocenters. The summed E-state index contributed by atoms with van der Waals surface area (Å²) in [5.74, 6) is -0.224. The molecule has 0 spiro atoms. The lowest BCUT2D eigenvalue weighted by Crippen LogP contribution is -2.27. The minimum Gasteiger partial charge on any atom is -0.273 e. The Morgan fingerprint density at radius 2 is 1.81 bits per heavy atom. The van der Waals surface area contributed by atoms with Gasteiger partial charge in [-0.1, -0.05) is 53.8 Å². The van der Waals surface area contributed by atoms with Gasteiger partial charge in [0, 0.05) is 6.08 Å². The van der Waals surface area contributed by atoms with Crippen LogP contribution in [0.5, 0.6) is 0 Å². The van der Waals surface area contributed by atoms with E-state index in [-0.39, 0.29) is 5.91 Å². The highest BCUT2D eigenvalue weighted by molar-refractivity contribution is 7.22. The van der Waals surface area contributed by atoms with Gasteiger partial charge >= 0.3 is 0 Å². The van der Waals surface area contributed by atoms with Gasteiger partial charge in [0.25, 0.3) is 5.91 Å². The first-order valence-corrected chi connectivity index (χ1v) is 7.27. The fourth-order valence-electron chi connectivity index (χ4n) is 1.82. The van der Waals surface area contributed by atoms with Crippen LogP contribution in [0.2, 0.25) is 0 Å². The summed E-state index contributed by atoms with van der Waals surface area (Å²) in [7, 11) is 0. The summed E-state index contributed by atoms with van der Waals surface area (Å²) in [6, 6.07) is 17.5. The lowest BCUT2D eigenvalue weighted by molar-refractivity contribution is -0.115. The first-order chi connectivity index (χ1) is 10.3. The van der Waals surface area contributed by atoms with Crippen LogP contribution in [0, 0.1) is 0 Å². The molecule has 0 aliphatic heterocycles.